The molecule has 0 spiro atoms. The Morgan fingerprint density at radius 3 is 2.60 bits per heavy atom. The Balaban J connectivity index is 1.41. The van der Waals surface area contributed by atoms with Gasteiger partial charge in [0.25, 0.3) is 0 Å². The molecule has 4 unspecified atom stereocenters. The molecule has 0 saturated heterocycles. The molecule has 0 bridgehead atoms. The molecular weight excluding hydrogens is 506 g/mol. The van der Waals surface area contributed by atoms with E-state index < -0.39 is 0 Å². The lowest BCUT2D eigenvalue weighted by molar-refractivity contribution is 0.424. The van der Waals surface area contributed by atoms with E-state index in [1.54, 1.807) is 0 Å². The molecule has 4 aromatic rings. The summed E-state index contributed by atoms with van der Waals surface area (Å²) in [5.74, 6) is 0.499. The van der Waals surface area contributed by atoms with E-state index in [2.05, 4.69) is 119 Å². The fourth-order valence-corrected chi connectivity index (χ4v) is 7.85. The summed E-state index contributed by atoms with van der Waals surface area (Å²) in [5.41, 5.74) is 13.7. The molecule has 0 radical (unpaired) electrons. The summed E-state index contributed by atoms with van der Waals surface area (Å²) in [6, 6.07) is 28.8. The number of anilines is 1. The molecule has 0 amide bonds. The van der Waals surface area contributed by atoms with Gasteiger partial charge in [0, 0.05) is 43.6 Å². The van der Waals surface area contributed by atoms with Crippen LogP contribution in [0.4, 0.5) is 5.69 Å². The topological polar surface area (TPSA) is 41.3 Å². The van der Waals surface area contributed by atoms with Gasteiger partial charge in [-0.05, 0) is 37.1 Å². The predicted octanol–water partition coefficient (Wildman–Crippen LogP) is 8.37. The highest BCUT2D eigenvalue weighted by Gasteiger charge is 2.40. The van der Waals surface area contributed by atoms with Gasteiger partial charge in [0.05, 0.1) is 17.4 Å². The molecule has 3 heterocycles. The average Bonchev–Trinajstić information content (AvgIpc) is 3.35. The van der Waals surface area contributed by atoms with E-state index in [4.69, 9.17) is 5.73 Å². The van der Waals surface area contributed by atoms with Crippen LogP contribution in [0.25, 0.3) is 21.2 Å². The number of nitrogens with one attached hydrogen (secondary N) is 1. The predicted molar refractivity (Wildman–Crippen MR) is 170 cm³/mol. The van der Waals surface area contributed by atoms with E-state index in [1.807, 2.05) is 36.5 Å². The maximum atomic E-state index is 6.68. The largest absolute Gasteiger partial charge is 0.397 e. The van der Waals surface area contributed by atoms with E-state index in [1.165, 1.54) is 37.3 Å². The molecule has 1 aromatic heterocycles. The molecule has 4 atom stereocenters. The Morgan fingerprint density at radius 1 is 0.950 bits per heavy atom. The van der Waals surface area contributed by atoms with Crippen molar-refractivity contribution in [2.75, 3.05) is 4.90 Å². The van der Waals surface area contributed by atoms with Crippen LogP contribution in [0.1, 0.15) is 35.6 Å². The van der Waals surface area contributed by atoms with Crippen molar-refractivity contribution in [2.24, 2.45) is 5.73 Å². The molecule has 40 heavy (non-hydrogen) atoms. The van der Waals surface area contributed by atoms with Crippen LogP contribution >= 0.6 is 11.3 Å². The number of benzene rings is 3. The summed E-state index contributed by atoms with van der Waals surface area (Å²) in [5, 5.41) is 5.24. The van der Waals surface area contributed by atoms with Gasteiger partial charge in [-0.2, -0.15) is 0 Å². The second-order valence-corrected chi connectivity index (χ2v) is 11.8. The SMILES string of the molecule is C/C=C\C=C(/N)C1=CC(c2ccccc2)CC(N2c3ccccc3-c3c(sc4ccccc34)C3C=CC=CC32)N1. The van der Waals surface area contributed by atoms with Gasteiger partial charge in [0.2, 0.25) is 0 Å². The molecule has 3 nitrogen and oxygen atoms in total. The third-order valence-corrected chi connectivity index (χ3v) is 9.59. The summed E-state index contributed by atoms with van der Waals surface area (Å²) >= 11 is 1.94. The van der Waals surface area contributed by atoms with Gasteiger partial charge < -0.3 is 16.0 Å². The van der Waals surface area contributed by atoms with E-state index >= 15 is 0 Å². The monoisotopic (exact) mass is 539 g/mol. The maximum Gasteiger partial charge on any atom is 0.100 e. The molecule has 198 valence electrons. The van der Waals surface area contributed by atoms with E-state index in [0.29, 0.717) is 0 Å². The maximum absolute atomic E-state index is 6.68. The minimum Gasteiger partial charge on any atom is -0.397 e. The summed E-state index contributed by atoms with van der Waals surface area (Å²) in [4.78, 5) is 4.08. The van der Waals surface area contributed by atoms with Crippen molar-refractivity contribution >= 4 is 27.1 Å². The van der Waals surface area contributed by atoms with E-state index in [-0.39, 0.29) is 24.0 Å². The molecule has 4 heteroatoms. The summed E-state index contributed by atoms with van der Waals surface area (Å²) < 4.78 is 1.35. The first-order valence-electron chi connectivity index (χ1n) is 14.1. The zero-order chi connectivity index (χ0) is 27.1. The summed E-state index contributed by atoms with van der Waals surface area (Å²) in [6.07, 6.45) is 18.5. The lowest BCUT2D eigenvalue weighted by Gasteiger charge is -2.45. The fraction of sp³-hybridized carbons (Fsp3) is 0.167. The zero-order valence-electron chi connectivity index (χ0n) is 22.6. The summed E-state index contributed by atoms with van der Waals surface area (Å²) in [7, 11) is 0. The van der Waals surface area contributed by atoms with E-state index in [9.17, 15) is 0 Å². The Bertz CT molecular complexity index is 1700. The highest BCUT2D eigenvalue weighted by Crippen LogP contribution is 2.52. The third kappa shape index (κ3) is 4.20. The first-order chi connectivity index (χ1) is 19.7. The van der Waals surface area contributed by atoms with Gasteiger partial charge in [-0.3, -0.25) is 0 Å². The normalized spacial score (nSPS) is 23.8. The molecular formula is C36H33N3S. The number of rotatable bonds is 4. The van der Waals surface area contributed by atoms with Crippen LogP contribution in [-0.4, -0.2) is 12.2 Å². The minimum absolute atomic E-state index is 0.0489. The van der Waals surface area contributed by atoms with Crippen molar-refractivity contribution in [3.8, 4) is 11.1 Å². The smallest absolute Gasteiger partial charge is 0.100 e. The number of thiophene rings is 1. The highest BCUT2D eigenvalue weighted by molar-refractivity contribution is 7.19. The minimum atomic E-state index is 0.0489. The van der Waals surface area contributed by atoms with Crippen LogP contribution in [0.5, 0.6) is 0 Å². The third-order valence-electron chi connectivity index (χ3n) is 8.31. The number of hydrogen-bond donors (Lipinski definition) is 2. The van der Waals surface area contributed by atoms with Crippen LogP contribution in [0.15, 0.2) is 139 Å². The summed E-state index contributed by atoms with van der Waals surface area (Å²) in [6.45, 7) is 2.02. The first kappa shape index (κ1) is 24.7. The van der Waals surface area contributed by atoms with Crippen molar-refractivity contribution in [3.63, 3.8) is 0 Å². The van der Waals surface area contributed by atoms with Crippen molar-refractivity contribution < 1.29 is 0 Å². The number of para-hydroxylation sites is 1. The van der Waals surface area contributed by atoms with Gasteiger partial charge in [-0.15, -0.1) is 11.3 Å². The lowest BCUT2D eigenvalue weighted by Crippen LogP contribution is -2.54. The Labute approximate surface area is 240 Å². The quantitative estimate of drug-likeness (QED) is 0.256. The molecule has 0 fully saturated rings. The second kappa shape index (κ2) is 10.4. The number of nitrogens with two attached hydrogens (primary N) is 1. The van der Waals surface area contributed by atoms with Gasteiger partial charge in [-0.1, -0.05) is 109 Å². The van der Waals surface area contributed by atoms with Crippen LogP contribution < -0.4 is 16.0 Å². The molecule has 3 N–H and O–H groups in total. The number of hydrogen-bond acceptors (Lipinski definition) is 4. The Morgan fingerprint density at radius 2 is 1.73 bits per heavy atom. The van der Waals surface area contributed by atoms with E-state index in [0.717, 1.165) is 17.8 Å². The molecule has 0 saturated carbocycles. The highest BCUT2D eigenvalue weighted by atomic mass is 32.1. The fourth-order valence-electron chi connectivity index (χ4n) is 6.51. The van der Waals surface area contributed by atoms with Gasteiger partial charge >= 0.3 is 0 Å². The molecule has 2 aliphatic heterocycles. The number of allylic oxidation sites excluding steroid dienone is 6. The Kier molecular flexibility index (Phi) is 6.41. The van der Waals surface area contributed by atoms with Crippen molar-refractivity contribution in [1.82, 2.24) is 5.32 Å². The van der Waals surface area contributed by atoms with Gasteiger partial charge in [0.15, 0.2) is 0 Å². The van der Waals surface area contributed by atoms with Gasteiger partial charge in [0.1, 0.15) is 6.17 Å². The standard InChI is InChI=1S/C36H33N3S/c1-2-3-18-29(37)30-22-25(24-13-5-4-6-14-24)23-34(38-30)39-31-19-10-7-15-26(31)35-28-17-9-12-21-33(28)40-36(35)27-16-8-11-20-32(27)39/h2-22,25,27,32,34,38H,23,37H2,1H3/b3-2-,29-18-. The molecule has 3 aliphatic rings. The van der Waals surface area contributed by atoms with Crippen LogP contribution in [0.2, 0.25) is 0 Å². The zero-order valence-corrected chi connectivity index (χ0v) is 23.4. The van der Waals surface area contributed by atoms with Crippen LogP contribution in [0.3, 0.4) is 0 Å². The molecule has 7 rings (SSSR count). The number of nitrogens with zero attached hydrogens (tertiary/aromatic N) is 1. The van der Waals surface area contributed by atoms with Crippen molar-refractivity contribution in [3.05, 3.63) is 149 Å². The van der Waals surface area contributed by atoms with Crippen molar-refractivity contribution in [2.45, 2.75) is 37.4 Å². The van der Waals surface area contributed by atoms with Crippen LogP contribution in [-0.2, 0) is 0 Å². The first-order valence-corrected chi connectivity index (χ1v) is 14.9. The molecule has 3 aromatic carbocycles. The van der Waals surface area contributed by atoms with Crippen LogP contribution in [0, 0.1) is 0 Å². The number of fused-ring (bicyclic) bond motifs is 7. The molecule has 1 aliphatic carbocycles. The Hall–Kier alpha value is -4.28. The van der Waals surface area contributed by atoms with Crippen molar-refractivity contribution in [1.29, 1.82) is 0 Å². The second-order valence-electron chi connectivity index (χ2n) is 10.7. The van der Waals surface area contributed by atoms with Gasteiger partial charge in [-0.25, -0.2) is 0 Å². The lowest BCUT2D eigenvalue weighted by atomic mass is 9.87. The average molecular weight is 540 g/mol.